The minimum atomic E-state index is -0.104. The van der Waals surface area contributed by atoms with Crippen LogP contribution in [0.3, 0.4) is 0 Å². The summed E-state index contributed by atoms with van der Waals surface area (Å²) in [4.78, 5) is 38.0. The van der Waals surface area contributed by atoms with Crippen molar-refractivity contribution in [2.45, 2.75) is 45.2 Å². The Bertz CT molecular complexity index is 1180. The molecule has 1 aliphatic heterocycles. The Balaban J connectivity index is 0.000000336. The number of fused-ring (bicyclic) bond motifs is 1. The van der Waals surface area contributed by atoms with Gasteiger partial charge in [0.1, 0.15) is 6.29 Å². The van der Waals surface area contributed by atoms with Gasteiger partial charge in [0.15, 0.2) is 5.69 Å². The average molecular weight is 501 g/mol. The van der Waals surface area contributed by atoms with Crippen LogP contribution in [0, 0.1) is 5.41 Å². The van der Waals surface area contributed by atoms with Crippen molar-refractivity contribution in [1.82, 2.24) is 25.2 Å². The molecule has 34 heavy (non-hydrogen) atoms. The van der Waals surface area contributed by atoms with Crippen molar-refractivity contribution in [1.29, 1.82) is 0 Å². The van der Waals surface area contributed by atoms with E-state index < -0.39 is 0 Å². The molecule has 0 bridgehead atoms. The number of hydrogen-bond donors (Lipinski definition) is 2. The summed E-state index contributed by atoms with van der Waals surface area (Å²) in [6.07, 6.45) is 7.88. The van der Waals surface area contributed by atoms with Gasteiger partial charge in [-0.15, -0.1) is 11.3 Å². The Morgan fingerprint density at radius 2 is 2.09 bits per heavy atom. The first-order chi connectivity index (χ1) is 16.3. The van der Waals surface area contributed by atoms with Gasteiger partial charge < -0.3 is 20.3 Å². The van der Waals surface area contributed by atoms with E-state index >= 15 is 0 Å². The Labute approximate surface area is 208 Å². The maximum Gasteiger partial charge on any atom is 0.274 e. The number of hydrogen-bond acceptors (Lipinski definition) is 8. The fourth-order valence-electron chi connectivity index (χ4n) is 3.84. The minimum absolute atomic E-state index is 0.0588. The number of halogens is 1. The highest BCUT2D eigenvalue weighted by Gasteiger charge is 2.32. The number of amides is 1. The number of likely N-dealkylation sites (N-methyl/N-ethyl adjacent to an activating group) is 1. The van der Waals surface area contributed by atoms with Crippen molar-refractivity contribution in [3.05, 3.63) is 46.2 Å². The highest BCUT2D eigenvalue weighted by molar-refractivity contribution is 7.17. The van der Waals surface area contributed by atoms with Gasteiger partial charge >= 0.3 is 0 Å². The zero-order valence-corrected chi connectivity index (χ0v) is 21.1. The molecule has 5 rings (SSSR count). The molecule has 1 aliphatic carbocycles. The molecule has 10 heteroatoms. The number of likely N-dealkylation sites (tertiary alicyclic amines) is 1. The molecule has 0 radical (unpaired) electrons. The molecule has 0 aromatic carbocycles. The monoisotopic (exact) mass is 500 g/mol. The quantitative estimate of drug-likeness (QED) is 0.486. The average Bonchev–Trinajstić information content (AvgIpc) is 3.25. The SMILES string of the molecule is CC1(C=O)CCC1.CNC1CN(C(=O)c2nc(NC(C)c3cncc(Cl)c3)nc3ccsc23)C1. The summed E-state index contributed by atoms with van der Waals surface area (Å²) in [5.41, 5.74) is 2.22. The zero-order valence-electron chi connectivity index (χ0n) is 19.5. The molecule has 2 aliphatic rings. The zero-order chi connectivity index (χ0) is 24.3. The molecular weight excluding hydrogens is 472 g/mol. The van der Waals surface area contributed by atoms with Gasteiger partial charge in [0.2, 0.25) is 5.95 Å². The molecule has 180 valence electrons. The summed E-state index contributed by atoms with van der Waals surface area (Å²) in [5.74, 6) is 0.360. The van der Waals surface area contributed by atoms with Crippen LogP contribution in [0.1, 0.15) is 55.2 Å². The number of nitrogens with one attached hydrogen (secondary N) is 2. The van der Waals surface area contributed by atoms with Crippen LogP contribution < -0.4 is 10.6 Å². The second-order valence-electron chi connectivity index (χ2n) is 9.15. The van der Waals surface area contributed by atoms with Crippen molar-refractivity contribution in [2.75, 3.05) is 25.5 Å². The van der Waals surface area contributed by atoms with Crippen molar-refractivity contribution in [3.63, 3.8) is 0 Å². The topological polar surface area (TPSA) is 100 Å². The van der Waals surface area contributed by atoms with Crippen molar-refractivity contribution in [2.24, 2.45) is 5.41 Å². The summed E-state index contributed by atoms with van der Waals surface area (Å²) in [7, 11) is 1.91. The Kier molecular flexibility index (Phi) is 7.45. The molecular formula is C24H29ClN6O2S. The molecule has 4 heterocycles. The molecule has 2 N–H and O–H groups in total. The lowest BCUT2D eigenvalue weighted by atomic mass is 9.72. The van der Waals surface area contributed by atoms with Gasteiger partial charge in [0, 0.05) is 36.9 Å². The normalized spacial score (nSPS) is 17.7. The van der Waals surface area contributed by atoms with Crippen molar-refractivity contribution in [3.8, 4) is 0 Å². The third-order valence-corrected chi connectivity index (χ3v) is 7.55. The lowest BCUT2D eigenvalue weighted by Crippen LogP contribution is -2.59. The van der Waals surface area contributed by atoms with E-state index in [0.717, 1.165) is 34.9 Å². The molecule has 3 aromatic rings. The van der Waals surface area contributed by atoms with Crippen molar-refractivity contribution < 1.29 is 9.59 Å². The van der Waals surface area contributed by atoms with E-state index in [-0.39, 0.29) is 17.4 Å². The second kappa shape index (κ2) is 10.3. The summed E-state index contributed by atoms with van der Waals surface area (Å²) in [5, 5.41) is 8.93. The second-order valence-corrected chi connectivity index (χ2v) is 10.5. The van der Waals surface area contributed by atoms with E-state index in [0.29, 0.717) is 35.8 Å². The maximum absolute atomic E-state index is 12.9. The predicted molar refractivity (Wildman–Crippen MR) is 135 cm³/mol. The number of carbonyl (C=O) groups is 2. The van der Waals surface area contributed by atoms with Crippen LogP contribution in [-0.2, 0) is 4.79 Å². The smallest absolute Gasteiger partial charge is 0.274 e. The maximum atomic E-state index is 12.9. The van der Waals surface area contributed by atoms with Gasteiger partial charge in [-0.3, -0.25) is 9.78 Å². The van der Waals surface area contributed by atoms with E-state index in [1.54, 1.807) is 17.3 Å². The molecule has 1 saturated heterocycles. The Morgan fingerprint density at radius 1 is 1.32 bits per heavy atom. The highest BCUT2D eigenvalue weighted by atomic mass is 35.5. The molecule has 3 aromatic heterocycles. The van der Waals surface area contributed by atoms with Gasteiger partial charge in [-0.1, -0.05) is 24.9 Å². The number of aromatic nitrogens is 3. The molecule has 1 saturated carbocycles. The number of rotatable bonds is 6. The minimum Gasteiger partial charge on any atom is -0.348 e. The van der Waals surface area contributed by atoms with E-state index in [4.69, 9.17) is 11.6 Å². The van der Waals surface area contributed by atoms with Crippen LogP contribution in [0.5, 0.6) is 0 Å². The van der Waals surface area contributed by atoms with E-state index in [1.165, 1.54) is 17.8 Å². The van der Waals surface area contributed by atoms with Crippen LogP contribution in [-0.4, -0.2) is 58.2 Å². The van der Waals surface area contributed by atoms with Crippen LogP contribution in [0.4, 0.5) is 5.95 Å². The van der Waals surface area contributed by atoms with Crippen molar-refractivity contribution >= 4 is 51.3 Å². The van der Waals surface area contributed by atoms with Crippen LogP contribution in [0.25, 0.3) is 10.2 Å². The Hall–Kier alpha value is -2.62. The number of nitrogens with zero attached hydrogens (tertiary/aromatic N) is 4. The number of thiophene rings is 1. The summed E-state index contributed by atoms with van der Waals surface area (Å²) >= 11 is 7.51. The van der Waals surface area contributed by atoms with Gasteiger partial charge in [-0.2, -0.15) is 0 Å². The number of anilines is 1. The van der Waals surface area contributed by atoms with E-state index in [2.05, 4.69) is 25.6 Å². The van der Waals surface area contributed by atoms with Gasteiger partial charge in [-0.05, 0) is 49.9 Å². The predicted octanol–water partition coefficient (Wildman–Crippen LogP) is 4.33. The van der Waals surface area contributed by atoms with Crippen LogP contribution in [0.15, 0.2) is 29.9 Å². The first-order valence-electron chi connectivity index (χ1n) is 11.4. The highest BCUT2D eigenvalue weighted by Crippen LogP contribution is 2.37. The lowest BCUT2D eigenvalue weighted by molar-refractivity contribution is -0.119. The first-order valence-corrected chi connectivity index (χ1v) is 12.6. The fourth-order valence-corrected chi connectivity index (χ4v) is 4.84. The molecule has 0 spiro atoms. The van der Waals surface area contributed by atoms with E-state index in [9.17, 15) is 9.59 Å². The van der Waals surface area contributed by atoms with Crippen LogP contribution in [0.2, 0.25) is 5.02 Å². The number of pyridine rings is 1. The summed E-state index contributed by atoms with van der Waals surface area (Å²) in [6.45, 7) is 5.38. The summed E-state index contributed by atoms with van der Waals surface area (Å²) < 4.78 is 0.815. The first kappa shape index (κ1) is 24.5. The largest absolute Gasteiger partial charge is 0.348 e. The van der Waals surface area contributed by atoms with Gasteiger partial charge in [0.25, 0.3) is 5.91 Å². The Morgan fingerprint density at radius 3 is 2.68 bits per heavy atom. The molecule has 2 fully saturated rings. The molecule has 8 nitrogen and oxygen atoms in total. The molecule has 1 atom stereocenters. The van der Waals surface area contributed by atoms with E-state index in [1.807, 2.05) is 38.4 Å². The van der Waals surface area contributed by atoms with Gasteiger partial charge in [-0.25, -0.2) is 9.97 Å². The fraction of sp³-hybridized carbons (Fsp3) is 0.458. The third-order valence-electron chi connectivity index (χ3n) is 6.44. The third kappa shape index (κ3) is 5.37. The van der Waals surface area contributed by atoms with Gasteiger partial charge in [0.05, 0.1) is 21.3 Å². The molecule has 1 amide bonds. The number of aldehydes is 1. The lowest BCUT2D eigenvalue weighted by Gasteiger charge is -2.38. The standard InChI is InChI=1S/C18H19ClN6OS.C6H10O/c1-10(11-5-12(19)7-21-6-11)22-18-23-14-3-4-27-16(14)15(24-18)17(26)25-8-13(9-25)20-2;1-6(5-7)3-2-4-6/h3-7,10,13,20H,8-9H2,1-2H3,(H,22,23,24);5H,2-4H2,1H3. The molecule has 1 unspecified atom stereocenters. The number of carbonyl (C=O) groups excluding carboxylic acids is 2. The van der Waals surface area contributed by atoms with Crippen LogP contribution >= 0.6 is 22.9 Å². The summed E-state index contributed by atoms with van der Waals surface area (Å²) in [6, 6.07) is 4.00.